The van der Waals surface area contributed by atoms with Gasteiger partial charge in [0.05, 0.1) is 12.2 Å². The number of fused-ring (bicyclic) bond motifs is 3. The van der Waals surface area contributed by atoms with Crippen LogP contribution in [0.3, 0.4) is 0 Å². The number of nitrogens with one attached hydrogen (secondary N) is 2. The lowest BCUT2D eigenvalue weighted by Crippen LogP contribution is -2.38. The standard InChI is InChI=1S/C19H21BrN2O2S/c1-3-24-14-7-5-11(20)9-13(14)17-21-18(23)16-12-6-4-10(2)8-15(12)25-19(16)22-17/h5,7,9-10,17,22H,3-4,6,8H2,1-2H3,(H,21,23). The smallest absolute Gasteiger partial charge is 0.256 e. The van der Waals surface area contributed by atoms with Crippen molar-refractivity contribution in [2.45, 2.75) is 39.3 Å². The zero-order chi connectivity index (χ0) is 17.6. The Morgan fingerprint density at radius 2 is 2.20 bits per heavy atom. The molecule has 132 valence electrons. The molecule has 25 heavy (non-hydrogen) atoms. The van der Waals surface area contributed by atoms with Gasteiger partial charge in [-0.3, -0.25) is 4.79 Å². The van der Waals surface area contributed by atoms with E-state index in [0.717, 1.165) is 45.6 Å². The summed E-state index contributed by atoms with van der Waals surface area (Å²) in [7, 11) is 0. The molecule has 2 N–H and O–H groups in total. The number of benzene rings is 1. The highest BCUT2D eigenvalue weighted by Crippen LogP contribution is 2.43. The van der Waals surface area contributed by atoms with Gasteiger partial charge in [0.15, 0.2) is 0 Å². The molecule has 2 aromatic rings. The van der Waals surface area contributed by atoms with Crippen molar-refractivity contribution in [3.05, 3.63) is 44.2 Å². The monoisotopic (exact) mass is 420 g/mol. The molecule has 0 fully saturated rings. The number of carbonyl (C=O) groups excluding carboxylic acids is 1. The summed E-state index contributed by atoms with van der Waals surface area (Å²) in [6, 6.07) is 5.90. The van der Waals surface area contributed by atoms with Crippen LogP contribution in [0.2, 0.25) is 0 Å². The number of anilines is 1. The lowest BCUT2D eigenvalue weighted by atomic mass is 9.88. The summed E-state index contributed by atoms with van der Waals surface area (Å²) in [6.45, 7) is 4.84. The van der Waals surface area contributed by atoms with Gasteiger partial charge in [-0.05, 0) is 55.9 Å². The van der Waals surface area contributed by atoms with Gasteiger partial charge in [0.25, 0.3) is 5.91 Å². The Balaban J connectivity index is 1.71. The maximum absolute atomic E-state index is 12.8. The molecule has 0 radical (unpaired) electrons. The molecule has 1 aliphatic heterocycles. The Morgan fingerprint density at radius 1 is 1.36 bits per heavy atom. The Hall–Kier alpha value is -1.53. The van der Waals surface area contributed by atoms with Crippen LogP contribution in [0.15, 0.2) is 22.7 Å². The van der Waals surface area contributed by atoms with E-state index < -0.39 is 0 Å². The van der Waals surface area contributed by atoms with Gasteiger partial charge in [0, 0.05) is 14.9 Å². The zero-order valence-electron chi connectivity index (χ0n) is 14.3. The molecule has 1 amide bonds. The van der Waals surface area contributed by atoms with E-state index in [0.29, 0.717) is 12.5 Å². The Kier molecular flexibility index (Phi) is 4.50. The second-order valence-electron chi connectivity index (χ2n) is 6.72. The first-order valence-electron chi connectivity index (χ1n) is 8.71. The molecular formula is C19H21BrN2O2S. The van der Waals surface area contributed by atoms with Crippen LogP contribution >= 0.6 is 27.3 Å². The van der Waals surface area contributed by atoms with Crippen LogP contribution in [0.1, 0.15) is 52.8 Å². The molecule has 0 saturated carbocycles. The predicted octanol–water partition coefficient (Wildman–Crippen LogP) is 4.89. The van der Waals surface area contributed by atoms with Crippen LogP contribution in [0.25, 0.3) is 0 Å². The minimum absolute atomic E-state index is 0.0215. The molecule has 0 spiro atoms. The van der Waals surface area contributed by atoms with Crippen molar-refractivity contribution in [1.82, 2.24) is 5.32 Å². The average molecular weight is 421 g/mol. The lowest BCUT2D eigenvalue weighted by molar-refractivity contribution is 0.0934. The molecule has 2 heterocycles. The molecule has 6 heteroatoms. The topological polar surface area (TPSA) is 50.4 Å². The third-order valence-corrected chi connectivity index (χ3v) is 6.55. The number of hydrogen-bond donors (Lipinski definition) is 2. The van der Waals surface area contributed by atoms with Crippen molar-refractivity contribution >= 4 is 38.2 Å². The maximum atomic E-state index is 12.8. The van der Waals surface area contributed by atoms with Crippen molar-refractivity contribution < 1.29 is 9.53 Å². The van der Waals surface area contributed by atoms with Gasteiger partial charge in [-0.15, -0.1) is 11.3 Å². The fourth-order valence-corrected chi connectivity index (χ4v) is 5.47. The number of ether oxygens (including phenoxy) is 1. The summed E-state index contributed by atoms with van der Waals surface area (Å²) in [5.41, 5.74) is 3.05. The molecule has 1 aromatic heterocycles. The van der Waals surface area contributed by atoms with Gasteiger partial charge in [-0.25, -0.2) is 0 Å². The van der Waals surface area contributed by atoms with E-state index in [9.17, 15) is 4.79 Å². The van der Waals surface area contributed by atoms with Gasteiger partial charge in [0.2, 0.25) is 0 Å². The van der Waals surface area contributed by atoms with Gasteiger partial charge < -0.3 is 15.4 Å². The van der Waals surface area contributed by atoms with Crippen molar-refractivity contribution in [3.63, 3.8) is 0 Å². The molecular weight excluding hydrogens is 400 g/mol. The fourth-order valence-electron chi connectivity index (χ4n) is 3.65. The molecule has 1 aromatic carbocycles. The molecule has 2 aliphatic rings. The molecule has 0 saturated heterocycles. The number of rotatable bonds is 3. The highest BCUT2D eigenvalue weighted by Gasteiger charge is 2.34. The van der Waals surface area contributed by atoms with E-state index in [4.69, 9.17) is 4.74 Å². The summed E-state index contributed by atoms with van der Waals surface area (Å²) in [6.07, 6.45) is 2.96. The molecule has 4 nitrogen and oxygen atoms in total. The van der Waals surface area contributed by atoms with Crippen LogP contribution < -0.4 is 15.4 Å². The number of carbonyl (C=O) groups is 1. The Morgan fingerprint density at radius 3 is 3.00 bits per heavy atom. The molecule has 2 atom stereocenters. The number of hydrogen-bond acceptors (Lipinski definition) is 4. The van der Waals surface area contributed by atoms with E-state index in [1.807, 2.05) is 25.1 Å². The van der Waals surface area contributed by atoms with E-state index in [1.54, 1.807) is 11.3 Å². The van der Waals surface area contributed by atoms with Crippen LogP contribution in [-0.4, -0.2) is 12.5 Å². The summed E-state index contributed by atoms with van der Waals surface area (Å²) in [5, 5.41) is 7.64. The highest BCUT2D eigenvalue weighted by atomic mass is 79.9. The lowest BCUT2D eigenvalue weighted by Gasteiger charge is -2.28. The van der Waals surface area contributed by atoms with Gasteiger partial charge >= 0.3 is 0 Å². The van der Waals surface area contributed by atoms with Crippen molar-refractivity contribution in [1.29, 1.82) is 0 Å². The number of thiophene rings is 1. The fraction of sp³-hybridized carbons (Fsp3) is 0.421. The number of halogens is 1. The van der Waals surface area contributed by atoms with Crippen molar-refractivity contribution in [2.75, 3.05) is 11.9 Å². The largest absolute Gasteiger partial charge is 0.493 e. The summed E-state index contributed by atoms with van der Waals surface area (Å²) in [4.78, 5) is 14.2. The Bertz CT molecular complexity index is 833. The molecule has 2 unspecified atom stereocenters. The first kappa shape index (κ1) is 16.9. The minimum atomic E-state index is -0.281. The predicted molar refractivity (Wildman–Crippen MR) is 105 cm³/mol. The summed E-state index contributed by atoms with van der Waals surface area (Å²) in [5.74, 6) is 1.51. The van der Waals surface area contributed by atoms with Crippen LogP contribution in [0.4, 0.5) is 5.00 Å². The normalized spacial score (nSPS) is 21.8. The SMILES string of the molecule is CCOc1ccc(Br)cc1C1NC(=O)c2c(sc3c2CCC(C)C3)N1. The minimum Gasteiger partial charge on any atom is -0.493 e. The molecule has 0 bridgehead atoms. The quantitative estimate of drug-likeness (QED) is 0.742. The third-order valence-electron chi connectivity index (χ3n) is 4.87. The molecule has 1 aliphatic carbocycles. The summed E-state index contributed by atoms with van der Waals surface area (Å²) >= 11 is 5.26. The van der Waals surface area contributed by atoms with Gasteiger partial charge in [0.1, 0.15) is 16.9 Å². The second kappa shape index (κ2) is 6.65. The van der Waals surface area contributed by atoms with Crippen LogP contribution in [-0.2, 0) is 12.8 Å². The van der Waals surface area contributed by atoms with Crippen LogP contribution in [0.5, 0.6) is 5.75 Å². The van der Waals surface area contributed by atoms with Gasteiger partial charge in [-0.2, -0.15) is 0 Å². The van der Waals surface area contributed by atoms with Crippen LogP contribution in [0, 0.1) is 5.92 Å². The highest BCUT2D eigenvalue weighted by molar-refractivity contribution is 9.10. The van der Waals surface area contributed by atoms with E-state index in [2.05, 4.69) is 33.5 Å². The first-order chi connectivity index (χ1) is 12.1. The van der Waals surface area contributed by atoms with Crippen molar-refractivity contribution in [2.24, 2.45) is 5.92 Å². The summed E-state index contributed by atoms with van der Waals surface area (Å²) < 4.78 is 6.72. The van der Waals surface area contributed by atoms with E-state index >= 15 is 0 Å². The van der Waals surface area contributed by atoms with Gasteiger partial charge in [-0.1, -0.05) is 22.9 Å². The van der Waals surface area contributed by atoms with E-state index in [-0.39, 0.29) is 12.1 Å². The van der Waals surface area contributed by atoms with Crippen molar-refractivity contribution in [3.8, 4) is 5.75 Å². The Labute approximate surface area is 160 Å². The average Bonchev–Trinajstić information content (AvgIpc) is 2.94. The third kappa shape index (κ3) is 3.06. The first-order valence-corrected chi connectivity index (χ1v) is 10.3. The zero-order valence-corrected chi connectivity index (χ0v) is 16.7. The maximum Gasteiger partial charge on any atom is 0.256 e. The van der Waals surface area contributed by atoms with E-state index in [1.165, 1.54) is 10.4 Å². The second-order valence-corrected chi connectivity index (χ2v) is 8.74. The molecule has 4 rings (SSSR count). The number of amides is 1.